The van der Waals surface area contributed by atoms with Gasteiger partial charge in [-0.3, -0.25) is 0 Å². The summed E-state index contributed by atoms with van der Waals surface area (Å²) in [5.74, 6) is -1.27. The van der Waals surface area contributed by atoms with E-state index in [9.17, 15) is 123 Å². The molecule has 29 aliphatic heterocycles. The van der Waals surface area contributed by atoms with Gasteiger partial charge in [-0.05, 0) is 6.42 Å². The van der Waals surface area contributed by atoms with Crippen LogP contribution in [0.15, 0.2) is 0 Å². The van der Waals surface area contributed by atoms with Crippen LogP contribution in [0.2, 0.25) is 0 Å². The minimum atomic E-state index is -2.24. The quantitative estimate of drug-likeness (QED) is 0.107. The van der Waals surface area contributed by atoms with Crippen LogP contribution in [0.1, 0.15) is 6.42 Å². The zero-order chi connectivity index (χ0) is 64.1. The second-order valence-corrected chi connectivity index (χ2v) is 23.0. The topological polar surface area (TPSA) is 624 Å². The van der Waals surface area contributed by atoms with Gasteiger partial charge in [-0.15, -0.1) is 0 Å². The van der Waals surface area contributed by atoms with Gasteiger partial charge in [-0.25, -0.2) is 0 Å². The van der Waals surface area contributed by atoms with Crippen molar-refractivity contribution in [3.8, 4) is 0 Å². The van der Waals surface area contributed by atoms with Crippen LogP contribution < -0.4 is 0 Å². The maximum atomic E-state index is 11.5. The highest BCUT2D eigenvalue weighted by Gasteiger charge is 2.60. The van der Waals surface area contributed by atoms with Crippen molar-refractivity contribution in [3.05, 3.63) is 0 Å². The molecule has 39 heteroatoms. The predicted octanol–water partition coefficient (Wildman–Crippen LogP) is -16.7. The Morgan fingerprint density at radius 3 is 0.534 bits per heavy atom. The molecule has 24 unspecified atom stereocenters. The van der Waals surface area contributed by atoms with Crippen LogP contribution in [0.5, 0.6) is 0 Å². The van der Waals surface area contributed by atoms with E-state index in [1.165, 1.54) is 0 Å². The van der Waals surface area contributed by atoms with E-state index >= 15 is 0 Å². The fraction of sp³-hybridized carbons (Fsp3) is 1.00. The summed E-state index contributed by atoms with van der Waals surface area (Å²) in [5.41, 5.74) is 0. The lowest BCUT2D eigenvalue weighted by molar-refractivity contribution is -0.399. The fourth-order valence-electron chi connectivity index (χ4n) is 12.4. The summed E-state index contributed by atoms with van der Waals surface area (Å²) in [6.07, 6.45) is -78.7. The third-order valence-corrected chi connectivity index (χ3v) is 17.4. The largest absolute Gasteiger partial charge is 0.396 e. The molecule has 30 fully saturated rings. The molecule has 0 aromatic carbocycles. The highest BCUT2D eigenvalue weighted by Crippen LogP contribution is 2.40. The van der Waals surface area contributed by atoms with Crippen LogP contribution in [0.25, 0.3) is 0 Å². The molecule has 0 radical (unpaired) electrons. The molecule has 16 bridgehead atoms. The Morgan fingerprint density at radius 1 is 0.182 bits per heavy atom. The van der Waals surface area contributed by atoms with E-state index in [0.29, 0.717) is 0 Å². The van der Waals surface area contributed by atoms with Gasteiger partial charge >= 0.3 is 0 Å². The van der Waals surface area contributed by atoms with Crippen molar-refractivity contribution in [1.29, 1.82) is 0 Å². The van der Waals surface area contributed by atoms with E-state index in [0.717, 1.165) is 0 Å². The highest BCUT2D eigenvalue weighted by atomic mass is 16.8. The third-order valence-electron chi connectivity index (χ3n) is 17.4. The van der Waals surface area contributed by atoms with Crippen molar-refractivity contribution in [3.63, 3.8) is 0 Å². The van der Waals surface area contributed by atoms with Gasteiger partial charge in [0.2, 0.25) is 0 Å². The first-order valence-corrected chi connectivity index (χ1v) is 28.5. The van der Waals surface area contributed by atoms with E-state index < -0.39 is 305 Å². The van der Waals surface area contributed by atoms with Crippen molar-refractivity contribution >= 4 is 0 Å². The number of aliphatic hydroxyl groups is 24. The molecular weight excluding hydrogens is 1210 g/mol. The van der Waals surface area contributed by atoms with Gasteiger partial charge in [-0.1, -0.05) is 0 Å². The van der Waals surface area contributed by atoms with E-state index in [2.05, 4.69) is 0 Å². The minimum Gasteiger partial charge on any atom is -0.396 e. The van der Waals surface area contributed by atoms with Crippen molar-refractivity contribution in [2.24, 2.45) is 5.92 Å². The van der Waals surface area contributed by atoms with Gasteiger partial charge in [0.05, 0.1) is 58.5 Å². The maximum Gasteiger partial charge on any atom is 0.187 e. The Hall–Kier alpha value is -1.56. The molecule has 30 aliphatic rings. The molecule has 1 saturated carbocycles. The van der Waals surface area contributed by atoms with Crippen molar-refractivity contribution in [2.75, 3.05) is 52.9 Å². The average Bonchev–Trinajstić information content (AvgIpc) is 1.09. The summed E-state index contributed by atoms with van der Waals surface area (Å²) in [6, 6.07) is 0. The Bertz CT molecular complexity index is 1700. The molecule has 39 nitrogen and oxygen atoms in total. The van der Waals surface area contributed by atoms with Crippen molar-refractivity contribution in [2.45, 2.75) is 246 Å². The van der Waals surface area contributed by atoms with E-state index in [1.54, 1.807) is 0 Å². The predicted molar refractivity (Wildman–Crippen MR) is 264 cm³/mol. The van der Waals surface area contributed by atoms with Gasteiger partial charge in [-0.2, -0.15) is 0 Å². The van der Waals surface area contributed by atoms with Crippen LogP contribution in [0.4, 0.5) is 0 Å². The van der Waals surface area contributed by atoms with Gasteiger partial charge in [0.1, 0.15) is 183 Å². The van der Waals surface area contributed by atoms with Gasteiger partial charge in [0.15, 0.2) is 44.0 Å². The molecule has 0 aromatic heterocycles. The Kier molecular flexibility index (Phi) is 24.1. The van der Waals surface area contributed by atoms with Gasteiger partial charge < -0.3 is 194 Å². The molecule has 0 aromatic rings. The molecule has 1 aliphatic carbocycles. The molecule has 29 heterocycles. The zero-order valence-corrected chi connectivity index (χ0v) is 46.3. The first-order chi connectivity index (χ1) is 41.9. The second kappa shape index (κ2) is 30.0. The molecule has 29 saturated heterocycles. The fourth-order valence-corrected chi connectivity index (χ4v) is 12.4. The molecule has 512 valence electrons. The number of hydrogen-bond donors (Lipinski definition) is 24. The van der Waals surface area contributed by atoms with E-state index in [1.807, 2.05) is 0 Å². The molecule has 0 amide bonds. The summed E-state index contributed by atoms with van der Waals surface area (Å²) < 4.78 is 86.0. The normalized spacial score (nSPS) is 55.4. The maximum absolute atomic E-state index is 11.5. The van der Waals surface area contributed by atoms with E-state index in [4.69, 9.17) is 71.1 Å². The number of aliphatic hydroxyl groups excluding tert-OH is 24. The second-order valence-electron chi connectivity index (χ2n) is 23.0. The van der Waals surface area contributed by atoms with Crippen molar-refractivity contribution < 1.29 is 194 Å². The lowest BCUT2D eigenvalue weighted by Crippen LogP contribution is -2.68. The Morgan fingerprint density at radius 2 is 0.352 bits per heavy atom. The first-order valence-electron chi connectivity index (χ1n) is 28.5. The highest BCUT2D eigenvalue weighted by molar-refractivity contribution is 5.03. The molecular formula is C49H82O39. The van der Waals surface area contributed by atoms with Crippen LogP contribution in [-0.4, -0.2) is 415 Å². The molecule has 88 heavy (non-hydrogen) atoms. The van der Waals surface area contributed by atoms with Crippen LogP contribution in [-0.2, 0) is 71.1 Å². The smallest absolute Gasteiger partial charge is 0.187 e. The molecule has 0 spiro atoms. The first kappa shape index (κ1) is 70.7. The SMILES string of the molecule is OC[C@H]1CC2OC3[C@H](O)C(O)C(OC4[C@H](O)C(O)C(OC5[C@H](O)C(O)C(OC6[C@H](O)C(O)C(OC7[C@H](O)C(O)C(OC8[C@H](O)C(O)C(OC9[C@H](O)C(O)C(OC1[C@H](O)C2O)O[C@@H]9CO)O[C@@H]8CO)O[C@@H]7CO)O[C@@H]6CO)O[C@@H]5CO)O[C@@H]4CO)O[C@@H]3CO. The monoisotopic (exact) mass is 1290 g/mol. The molecule has 40 atom stereocenters. The van der Waals surface area contributed by atoms with Crippen molar-refractivity contribution in [1.82, 2.24) is 0 Å². The van der Waals surface area contributed by atoms with Crippen LogP contribution in [0.3, 0.4) is 0 Å². The lowest BCUT2D eigenvalue weighted by Gasteiger charge is -2.50. The zero-order valence-electron chi connectivity index (χ0n) is 46.3. The average molecular weight is 1300 g/mol. The Labute approximate surface area is 497 Å². The van der Waals surface area contributed by atoms with Gasteiger partial charge in [0.25, 0.3) is 0 Å². The van der Waals surface area contributed by atoms with E-state index in [-0.39, 0.29) is 0 Å². The number of hydrogen-bond acceptors (Lipinski definition) is 39. The summed E-state index contributed by atoms with van der Waals surface area (Å²) >= 11 is 0. The number of rotatable bonds is 8. The summed E-state index contributed by atoms with van der Waals surface area (Å²) in [7, 11) is 0. The van der Waals surface area contributed by atoms with Crippen LogP contribution in [0, 0.1) is 5.92 Å². The minimum absolute atomic E-state index is 0.464. The number of ether oxygens (including phenoxy) is 15. The standard InChI is InChI=1S/C49H82O39/c50-2-10-1-11-19(58)20(59)35(10)82-43-29(68)22(61)37(13(4-52)76-43)84-45-31(70)24(63)39(15(6-54)78-45)86-47-33(72)26(65)41(17(8-56)80-47)88-49-34(73)27(66)42(18(9-57)81-49)87-48-32(71)25(64)40(16(7-55)79-48)85-46-30(69)23(62)38(14(5-53)77-46)83-44-28(67)21(60)36(74-11)12(3-51)75-44/h10-73H,1-9H2/t10-,11?,12-,13-,14-,15-,16-,17-,18-,19?,20-,21-,22-,23-,24-,25-,26-,27-,28?,29?,30?,31?,32?,33?,34?,35?,36?,37?,38?,39?,40?,41?,42?,43?,44?,45?,46?,47?,48?,49?/m1/s1. The van der Waals surface area contributed by atoms with Gasteiger partial charge in [0, 0.05) is 12.5 Å². The summed E-state index contributed by atoms with van der Waals surface area (Å²) in [6.45, 7) is -8.28. The molecule has 24 N–H and O–H groups in total. The molecule has 30 rings (SSSR count). The summed E-state index contributed by atoms with van der Waals surface area (Å²) in [5, 5.41) is 266. The van der Waals surface area contributed by atoms with Crippen LogP contribution >= 0.6 is 0 Å². The lowest BCUT2D eigenvalue weighted by atomic mass is 9.80. The third kappa shape index (κ3) is 13.8. The summed E-state index contributed by atoms with van der Waals surface area (Å²) in [4.78, 5) is 0. The Balaban J connectivity index is 0.975.